The minimum atomic E-state index is -3.39. The van der Waals surface area contributed by atoms with Crippen molar-refractivity contribution in [3.63, 3.8) is 0 Å². The first-order valence-corrected chi connectivity index (χ1v) is 10.2. The summed E-state index contributed by atoms with van der Waals surface area (Å²) in [5, 5.41) is 2.80. The van der Waals surface area contributed by atoms with Gasteiger partial charge in [0.05, 0.1) is 17.2 Å². The molecule has 26 heavy (non-hydrogen) atoms. The lowest BCUT2D eigenvalue weighted by Crippen LogP contribution is -2.14. The number of carbonyl (C=O) groups excluding carboxylic acids is 1. The van der Waals surface area contributed by atoms with Crippen molar-refractivity contribution in [3.05, 3.63) is 47.5 Å². The predicted octanol–water partition coefficient (Wildman–Crippen LogP) is 3.06. The third-order valence-electron chi connectivity index (χ3n) is 4.07. The monoisotopic (exact) mass is 375 g/mol. The van der Waals surface area contributed by atoms with Gasteiger partial charge in [0.25, 0.3) is 5.91 Å². The SMILES string of the molecule is CCOc1cc2c(cc1NC(=O)c1cccc(S(C)(=O)=O)c1)OC(C)C2. The minimum absolute atomic E-state index is 0.0804. The van der Waals surface area contributed by atoms with E-state index in [0.717, 1.165) is 24.0 Å². The Morgan fingerprint density at radius 1 is 1.31 bits per heavy atom. The number of hydrogen-bond donors (Lipinski definition) is 1. The van der Waals surface area contributed by atoms with Gasteiger partial charge in [0, 0.05) is 29.9 Å². The maximum Gasteiger partial charge on any atom is 0.255 e. The van der Waals surface area contributed by atoms with Crippen LogP contribution < -0.4 is 14.8 Å². The Balaban J connectivity index is 1.91. The van der Waals surface area contributed by atoms with Gasteiger partial charge in [0.2, 0.25) is 0 Å². The molecular formula is C19H21NO5S. The summed E-state index contributed by atoms with van der Waals surface area (Å²) >= 11 is 0. The van der Waals surface area contributed by atoms with E-state index in [9.17, 15) is 13.2 Å². The largest absolute Gasteiger partial charge is 0.492 e. The maximum absolute atomic E-state index is 12.6. The number of amides is 1. The second kappa shape index (κ2) is 6.99. The van der Waals surface area contributed by atoms with Crippen LogP contribution in [0.1, 0.15) is 29.8 Å². The van der Waals surface area contributed by atoms with E-state index in [1.54, 1.807) is 18.2 Å². The smallest absolute Gasteiger partial charge is 0.255 e. The van der Waals surface area contributed by atoms with Gasteiger partial charge in [-0.2, -0.15) is 0 Å². The van der Waals surface area contributed by atoms with Crippen LogP contribution in [-0.2, 0) is 16.3 Å². The van der Waals surface area contributed by atoms with Crippen molar-refractivity contribution in [2.75, 3.05) is 18.2 Å². The van der Waals surface area contributed by atoms with Crippen molar-refractivity contribution in [1.29, 1.82) is 0 Å². The fourth-order valence-electron chi connectivity index (χ4n) is 2.87. The van der Waals surface area contributed by atoms with Crippen molar-refractivity contribution in [3.8, 4) is 11.5 Å². The van der Waals surface area contributed by atoms with Crippen molar-refractivity contribution in [2.45, 2.75) is 31.3 Å². The number of rotatable bonds is 5. The van der Waals surface area contributed by atoms with Crippen LogP contribution in [0.15, 0.2) is 41.3 Å². The molecule has 1 unspecified atom stereocenters. The Kier molecular flexibility index (Phi) is 4.91. The molecule has 3 rings (SSSR count). The van der Waals surface area contributed by atoms with Crippen LogP contribution in [0.3, 0.4) is 0 Å². The first kappa shape index (κ1) is 18.3. The second-order valence-corrected chi connectivity index (χ2v) is 8.29. The van der Waals surface area contributed by atoms with Crippen LogP contribution in [0.4, 0.5) is 5.69 Å². The summed E-state index contributed by atoms with van der Waals surface area (Å²) in [6.45, 7) is 4.31. The number of sulfone groups is 1. The third-order valence-corrected chi connectivity index (χ3v) is 5.18. The summed E-state index contributed by atoms with van der Waals surface area (Å²) in [6.07, 6.45) is 1.98. The normalized spacial score (nSPS) is 15.9. The molecule has 0 saturated heterocycles. The first-order valence-electron chi connectivity index (χ1n) is 8.35. The summed E-state index contributed by atoms with van der Waals surface area (Å²) in [5.74, 6) is 0.875. The van der Waals surface area contributed by atoms with Crippen LogP contribution in [-0.4, -0.2) is 33.3 Å². The number of nitrogens with one attached hydrogen (secondary N) is 1. The van der Waals surface area contributed by atoms with Crippen LogP contribution in [0.2, 0.25) is 0 Å². The molecule has 7 heteroatoms. The van der Waals surface area contributed by atoms with Gasteiger partial charge in [-0.05, 0) is 38.1 Å². The zero-order valence-electron chi connectivity index (χ0n) is 14.9. The molecule has 0 aromatic heterocycles. The predicted molar refractivity (Wildman–Crippen MR) is 98.9 cm³/mol. The van der Waals surface area contributed by atoms with E-state index in [1.807, 2.05) is 19.9 Å². The number of benzene rings is 2. The molecule has 1 aliphatic rings. The molecule has 1 aliphatic heterocycles. The van der Waals surface area contributed by atoms with Gasteiger partial charge in [-0.15, -0.1) is 0 Å². The van der Waals surface area contributed by atoms with Gasteiger partial charge in [0.1, 0.15) is 17.6 Å². The Morgan fingerprint density at radius 2 is 2.08 bits per heavy atom. The highest BCUT2D eigenvalue weighted by atomic mass is 32.2. The van der Waals surface area contributed by atoms with E-state index in [2.05, 4.69) is 5.32 Å². The molecule has 0 saturated carbocycles. The zero-order valence-corrected chi connectivity index (χ0v) is 15.7. The van der Waals surface area contributed by atoms with E-state index >= 15 is 0 Å². The van der Waals surface area contributed by atoms with E-state index in [4.69, 9.17) is 9.47 Å². The zero-order chi connectivity index (χ0) is 18.9. The number of anilines is 1. The Labute approximate surface area is 153 Å². The average Bonchev–Trinajstić information content (AvgIpc) is 2.93. The lowest BCUT2D eigenvalue weighted by Gasteiger charge is -2.14. The highest BCUT2D eigenvalue weighted by molar-refractivity contribution is 7.90. The molecule has 1 atom stereocenters. The topological polar surface area (TPSA) is 81.7 Å². The molecule has 1 heterocycles. The molecule has 0 bridgehead atoms. The molecule has 1 N–H and O–H groups in total. The molecule has 0 spiro atoms. The van der Waals surface area contributed by atoms with Gasteiger partial charge >= 0.3 is 0 Å². The fourth-order valence-corrected chi connectivity index (χ4v) is 3.54. The second-order valence-electron chi connectivity index (χ2n) is 6.28. The van der Waals surface area contributed by atoms with Crippen molar-refractivity contribution >= 4 is 21.4 Å². The third kappa shape index (κ3) is 3.83. The van der Waals surface area contributed by atoms with Crippen molar-refractivity contribution < 1.29 is 22.7 Å². The van der Waals surface area contributed by atoms with Crippen LogP contribution in [0.5, 0.6) is 11.5 Å². The highest BCUT2D eigenvalue weighted by Crippen LogP contribution is 2.38. The molecule has 0 fully saturated rings. The quantitative estimate of drug-likeness (QED) is 0.869. The Hall–Kier alpha value is -2.54. The lowest BCUT2D eigenvalue weighted by molar-refractivity contribution is 0.102. The van der Waals surface area contributed by atoms with Gasteiger partial charge in [0.15, 0.2) is 9.84 Å². The van der Waals surface area contributed by atoms with Gasteiger partial charge in [-0.1, -0.05) is 6.07 Å². The van der Waals surface area contributed by atoms with E-state index in [-0.39, 0.29) is 16.6 Å². The molecular weight excluding hydrogens is 354 g/mol. The molecule has 138 valence electrons. The summed E-state index contributed by atoms with van der Waals surface area (Å²) in [5.41, 5.74) is 1.79. The van der Waals surface area contributed by atoms with Crippen molar-refractivity contribution in [2.24, 2.45) is 0 Å². The number of fused-ring (bicyclic) bond motifs is 1. The number of hydrogen-bond acceptors (Lipinski definition) is 5. The Morgan fingerprint density at radius 3 is 2.77 bits per heavy atom. The van der Waals surface area contributed by atoms with Gasteiger partial charge in [-0.25, -0.2) is 8.42 Å². The number of carbonyl (C=O) groups is 1. The van der Waals surface area contributed by atoms with Crippen molar-refractivity contribution in [1.82, 2.24) is 0 Å². The van der Waals surface area contributed by atoms with E-state index in [0.29, 0.717) is 18.0 Å². The molecule has 6 nitrogen and oxygen atoms in total. The molecule has 1 amide bonds. The van der Waals surface area contributed by atoms with E-state index < -0.39 is 15.7 Å². The first-order chi connectivity index (χ1) is 12.3. The maximum atomic E-state index is 12.6. The van der Waals surface area contributed by atoms with E-state index in [1.165, 1.54) is 12.1 Å². The Bertz CT molecular complexity index is 952. The molecule has 0 radical (unpaired) electrons. The summed E-state index contributed by atoms with van der Waals surface area (Å²) in [6, 6.07) is 9.56. The summed E-state index contributed by atoms with van der Waals surface area (Å²) < 4.78 is 34.8. The summed E-state index contributed by atoms with van der Waals surface area (Å²) in [4.78, 5) is 12.7. The fraction of sp³-hybridized carbons (Fsp3) is 0.316. The van der Waals surface area contributed by atoms with Crippen LogP contribution in [0, 0.1) is 0 Å². The van der Waals surface area contributed by atoms with Gasteiger partial charge < -0.3 is 14.8 Å². The highest BCUT2D eigenvalue weighted by Gasteiger charge is 2.23. The summed E-state index contributed by atoms with van der Waals surface area (Å²) in [7, 11) is -3.39. The average molecular weight is 375 g/mol. The van der Waals surface area contributed by atoms with Gasteiger partial charge in [-0.3, -0.25) is 4.79 Å². The van der Waals surface area contributed by atoms with Crippen LogP contribution in [0.25, 0.3) is 0 Å². The standard InChI is InChI=1S/C19H21NO5S/c1-4-24-18-10-14-8-12(2)25-17(14)11-16(18)20-19(21)13-6-5-7-15(9-13)26(3,22)23/h5-7,9-12H,4,8H2,1-3H3,(H,20,21). The van der Waals surface area contributed by atoms with Crippen LogP contribution >= 0.6 is 0 Å². The number of ether oxygens (including phenoxy) is 2. The molecule has 2 aromatic rings. The molecule has 0 aliphatic carbocycles. The minimum Gasteiger partial charge on any atom is -0.492 e. The molecule has 2 aromatic carbocycles. The lowest BCUT2D eigenvalue weighted by atomic mass is 10.1.